The van der Waals surface area contributed by atoms with E-state index in [1.54, 1.807) is 11.3 Å². The van der Waals surface area contributed by atoms with Gasteiger partial charge in [0.1, 0.15) is 11.6 Å². The van der Waals surface area contributed by atoms with Crippen molar-refractivity contribution in [1.29, 1.82) is 0 Å². The Labute approximate surface area is 135 Å². The molecule has 0 spiro atoms. The smallest absolute Gasteiger partial charge is 0.188 e. The van der Waals surface area contributed by atoms with Crippen LogP contribution in [-0.4, -0.2) is 53.0 Å². The lowest BCUT2D eigenvalue weighted by molar-refractivity contribution is 0.148. The van der Waals surface area contributed by atoms with Crippen LogP contribution in [-0.2, 0) is 6.54 Å². The molecule has 3 heterocycles. The van der Waals surface area contributed by atoms with Crippen LogP contribution in [0.4, 0.5) is 16.8 Å². The molecule has 7 heteroatoms. The van der Waals surface area contributed by atoms with Crippen molar-refractivity contribution in [2.45, 2.75) is 13.5 Å². The number of hydrogen-bond donors (Lipinski definition) is 2. The largest absolute Gasteiger partial charge is 0.384 e. The van der Waals surface area contributed by atoms with Gasteiger partial charge in [-0.15, -0.1) is 11.3 Å². The molecule has 6 nitrogen and oxygen atoms in total. The lowest BCUT2D eigenvalue weighted by Gasteiger charge is -2.32. The predicted octanol–water partition coefficient (Wildman–Crippen LogP) is 1.92. The van der Waals surface area contributed by atoms with Crippen LogP contribution < -0.4 is 11.1 Å². The molecule has 3 rings (SSSR count). The molecule has 2 aromatic rings. The highest BCUT2D eigenvalue weighted by Gasteiger charge is 2.14. The first-order chi connectivity index (χ1) is 10.6. The van der Waals surface area contributed by atoms with Crippen molar-refractivity contribution in [3.8, 4) is 0 Å². The van der Waals surface area contributed by atoms with Crippen molar-refractivity contribution in [3.05, 3.63) is 28.8 Å². The Morgan fingerprint density at radius 2 is 2.05 bits per heavy atom. The maximum atomic E-state index is 5.95. The van der Waals surface area contributed by atoms with E-state index in [-0.39, 0.29) is 0 Å². The van der Waals surface area contributed by atoms with Crippen LogP contribution in [0.5, 0.6) is 0 Å². The van der Waals surface area contributed by atoms with Crippen molar-refractivity contribution < 1.29 is 0 Å². The minimum atomic E-state index is 0.544. The highest BCUT2D eigenvalue weighted by molar-refractivity contribution is 7.15. The fraction of sp³-hybridized carbons (Fsp3) is 0.467. The number of likely N-dealkylation sites (N-methyl/N-ethyl adjacent to an activating group) is 1. The zero-order valence-corrected chi connectivity index (χ0v) is 13.9. The molecule has 1 saturated heterocycles. The summed E-state index contributed by atoms with van der Waals surface area (Å²) in [6.07, 6.45) is 1.85. The molecular formula is C15H22N6S. The molecule has 22 heavy (non-hydrogen) atoms. The van der Waals surface area contributed by atoms with Gasteiger partial charge >= 0.3 is 0 Å². The molecule has 118 valence electrons. The number of aromatic nitrogens is 2. The standard InChI is InChI=1S/C15H22N6S/c1-11-9-17-15(22-11)19-14-8-12(7-13(16)18-14)10-21-5-3-20(2)4-6-21/h7-9H,3-6,10H2,1-2H3,(H3,16,17,18,19). The summed E-state index contributed by atoms with van der Waals surface area (Å²) in [7, 11) is 2.17. The van der Waals surface area contributed by atoms with E-state index in [2.05, 4.69) is 38.2 Å². The summed E-state index contributed by atoms with van der Waals surface area (Å²) in [5.74, 6) is 1.31. The van der Waals surface area contributed by atoms with E-state index in [0.29, 0.717) is 5.82 Å². The minimum Gasteiger partial charge on any atom is -0.384 e. The van der Waals surface area contributed by atoms with Gasteiger partial charge < -0.3 is 16.0 Å². The van der Waals surface area contributed by atoms with Gasteiger partial charge in [0.15, 0.2) is 5.13 Å². The first kappa shape index (κ1) is 15.2. The van der Waals surface area contributed by atoms with Crippen molar-refractivity contribution in [3.63, 3.8) is 0 Å². The molecule has 1 aliphatic heterocycles. The number of nitrogens with zero attached hydrogens (tertiary/aromatic N) is 4. The fourth-order valence-electron chi connectivity index (χ4n) is 2.55. The third-order valence-corrected chi connectivity index (χ3v) is 4.59. The third-order valence-electron chi connectivity index (χ3n) is 3.76. The van der Waals surface area contributed by atoms with Crippen molar-refractivity contribution >= 4 is 28.1 Å². The van der Waals surface area contributed by atoms with Gasteiger partial charge in [0.2, 0.25) is 0 Å². The van der Waals surface area contributed by atoms with Crippen molar-refractivity contribution in [2.24, 2.45) is 0 Å². The number of thiazole rings is 1. The van der Waals surface area contributed by atoms with E-state index in [0.717, 1.165) is 43.7 Å². The number of piperazine rings is 1. The predicted molar refractivity (Wildman–Crippen MR) is 91.6 cm³/mol. The van der Waals surface area contributed by atoms with E-state index in [1.165, 1.54) is 10.4 Å². The summed E-state index contributed by atoms with van der Waals surface area (Å²) in [5, 5.41) is 4.09. The second kappa shape index (κ2) is 6.60. The average Bonchev–Trinajstić information content (AvgIpc) is 2.86. The highest BCUT2D eigenvalue weighted by atomic mass is 32.1. The highest BCUT2D eigenvalue weighted by Crippen LogP contribution is 2.22. The Kier molecular flexibility index (Phi) is 4.56. The Hall–Kier alpha value is -1.70. The van der Waals surface area contributed by atoms with Gasteiger partial charge in [0, 0.05) is 43.8 Å². The SMILES string of the molecule is Cc1cnc(Nc2cc(CN3CCN(C)CC3)cc(N)n2)s1. The first-order valence-corrected chi connectivity index (χ1v) is 8.27. The van der Waals surface area contributed by atoms with Crippen LogP contribution in [0.1, 0.15) is 10.4 Å². The van der Waals surface area contributed by atoms with Crippen LogP contribution in [0.15, 0.2) is 18.3 Å². The molecule has 0 radical (unpaired) electrons. The molecule has 0 saturated carbocycles. The molecule has 0 unspecified atom stereocenters. The molecule has 0 atom stereocenters. The molecule has 2 aromatic heterocycles. The van der Waals surface area contributed by atoms with Gasteiger partial charge in [-0.1, -0.05) is 0 Å². The Morgan fingerprint density at radius 3 is 2.73 bits per heavy atom. The maximum absolute atomic E-state index is 5.95. The molecular weight excluding hydrogens is 296 g/mol. The first-order valence-electron chi connectivity index (χ1n) is 7.45. The van der Waals surface area contributed by atoms with Gasteiger partial charge in [0.05, 0.1) is 0 Å². The number of nitrogen functional groups attached to an aromatic ring is 1. The average molecular weight is 318 g/mol. The van der Waals surface area contributed by atoms with Gasteiger partial charge in [-0.3, -0.25) is 4.90 Å². The minimum absolute atomic E-state index is 0.544. The van der Waals surface area contributed by atoms with Crippen LogP contribution in [0.3, 0.4) is 0 Å². The Morgan fingerprint density at radius 1 is 1.27 bits per heavy atom. The number of nitrogens with two attached hydrogens (primary N) is 1. The number of nitrogens with one attached hydrogen (secondary N) is 1. The lowest BCUT2D eigenvalue weighted by Crippen LogP contribution is -2.43. The monoisotopic (exact) mass is 318 g/mol. The normalized spacial score (nSPS) is 16.8. The van der Waals surface area contributed by atoms with Crippen LogP contribution >= 0.6 is 11.3 Å². The van der Waals surface area contributed by atoms with E-state index in [9.17, 15) is 0 Å². The maximum Gasteiger partial charge on any atom is 0.188 e. The summed E-state index contributed by atoms with van der Waals surface area (Å²) >= 11 is 1.61. The van der Waals surface area contributed by atoms with Gasteiger partial charge in [-0.2, -0.15) is 0 Å². The molecule has 0 aliphatic carbocycles. The van der Waals surface area contributed by atoms with Gasteiger partial charge in [-0.05, 0) is 31.7 Å². The summed E-state index contributed by atoms with van der Waals surface area (Å²) < 4.78 is 0. The second-order valence-electron chi connectivity index (χ2n) is 5.77. The Balaban J connectivity index is 1.69. The fourth-order valence-corrected chi connectivity index (χ4v) is 3.22. The third kappa shape index (κ3) is 3.94. The number of pyridine rings is 1. The topological polar surface area (TPSA) is 70.3 Å². The van der Waals surface area contributed by atoms with Gasteiger partial charge in [0.25, 0.3) is 0 Å². The Bertz CT molecular complexity index is 633. The molecule has 1 aliphatic rings. The van der Waals surface area contributed by atoms with Crippen LogP contribution in [0.2, 0.25) is 0 Å². The summed E-state index contributed by atoms with van der Waals surface area (Å²) in [6, 6.07) is 4.02. The van der Waals surface area contributed by atoms with Crippen molar-refractivity contribution in [2.75, 3.05) is 44.3 Å². The van der Waals surface area contributed by atoms with E-state index in [4.69, 9.17) is 5.73 Å². The van der Waals surface area contributed by atoms with Gasteiger partial charge in [-0.25, -0.2) is 9.97 Å². The van der Waals surface area contributed by atoms with E-state index in [1.807, 2.05) is 19.2 Å². The molecule has 0 aromatic carbocycles. The molecule has 0 bridgehead atoms. The molecule has 1 fully saturated rings. The van der Waals surface area contributed by atoms with Crippen LogP contribution in [0.25, 0.3) is 0 Å². The zero-order valence-electron chi connectivity index (χ0n) is 13.0. The number of aryl methyl sites for hydroxylation is 1. The summed E-state index contributed by atoms with van der Waals surface area (Å²) in [4.78, 5) is 14.6. The zero-order chi connectivity index (χ0) is 15.5. The number of rotatable bonds is 4. The summed E-state index contributed by atoms with van der Waals surface area (Å²) in [5.41, 5.74) is 7.14. The summed E-state index contributed by atoms with van der Waals surface area (Å²) in [6.45, 7) is 7.36. The quantitative estimate of drug-likeness (QED) is 0.897. The lowest BCUT2D eigenvalue weighted by atomic mass is 10.2. The number of anilines is 3. The van der Waals surface area contributed by atoms with E-state index < -0.39 is 0 Å². The second-order valence-corrected chi connectivity index (χ2v) is 7.00. The number of hydrogen-bond acceptors (Lipinski definition) is 7. The van der Waals surface area contributed by atoms with E-state index >= 15 is 0 Å². The van der Waals surface area contributed by atoms with Crippen molar-refractivity contribution in [1.82, 2.24) is 19.8 Å². The van der Waals surface area contributed by atoms with Crippen LogP contribution in [0, 0.1) is 6.92 Å². The molecule has 0 amide bonds. The molecule has 3 N–H and O–H groups in total.